The molecule has 0 radical (unpaired) electrons. The number of pyridine rings is 1. The van der Waals surface area contributed by atoms with E-state index in [-0.39, 0.29) is 0 Å². The Morgan fingerprint density at radius 2 is 2.24 bits per heavy atom. The molecule has 1 heterocycles. The monoisotopic (exact) mass is 238 g/mol. The molecule has 0 aliphatic heterocycles. The van der Waals surface area contributed by atoms with Crippen molar-refractivity contribution in [2.75, 3.05) is 34.0 Å². The van der Waals surface area contributed by atoms with Crippen LogP contribution in [0.15, 0.2) is 24.5 Å². The number of nitrogens with one attached hydrogen (secondary N) is 1. The van der Waals surface area contributed by atoms with Crippen molar-refractivity contribution in [3.63, 3.8) is 0 Å². The molecule has 0 amide bonds. The van der Waals surface area contributed by atoms with E-state index < -0.39 is 0 Å². The van der Waals surface area contributed by atoms with Crippen LogP contribution in [0.4, 0.5) is 0 Å². The Bertz CT molecular complexity index is 280. The lowest BCUT2D eigenvalue weighted by molar-refractivity contribution is 0.0661. The molecule has 1 unspecified atom stereocenters. The molecule has 96 valence electrons. The van der Waals surface area contributed by atoms with Gasteiger partial charge in [-0.25, -0.2) is 0 Å². The first kappa shape index (κ1) is 14.1. The summed E-state index contributed by atoms with van der Waals surface area (Å²) < 4.78 is 10.4. The van der Waals surface area contributed by atoms with Crippen molar-refractivity contribution in [1.82, 2.24) is 10.3 Å². The Kier molecular flexibility index (Phi) is 7.54. The molecule has 0 spiro atoms. The fraction of sp³-hybridized carbons (Fsp3) is 0.615. The van der Waals surface area contributed by atoms with Crippen molar-refractivity contribution in [2.24, 2.45) is 0 Å². The van der Waals surface area contributed by atoms with Gasteiger partial charge in [0.25, 0.3) is 0 Å². The van der Waals surface area contributed by atoms with E-state index in [4.69, 9.17) is 9.47 Å². The van der Waals surface area contributed by atoms with Gasteiger partial charge in [-0.1, -0.05) is 6.07 Å². The first-order chi connectivity index (χ1) is 8.36. The summed E-state index contributed by atoms with van der Waals surface area (Å²) in [7, 11) is 3.67. The molecule has 4 heteroatoms. The van der Waals surface area contributed by atoms with Crippen molar-refractivity contribution in [3.8, 4) is 0 Å². The average molecular weight is 238 g/mol. The zero-order chi connectivity index (χ0) is 12.3. The van der Waals surface area contributed by atoms with E-state index >= 15 is 0 Å². The SMILES string of the molecule is CNC(CCOCCOC)Cc1cccnc1. The molecule has 0 fully saturated rings. The highest BCUT2D eigenvalue weighted by molar-refractivity contribution is 5.10. The molecule has 17 heavy (non-hydrogen) atoms. The van der Waals surface area contributed by atoms with Crippen LogP contribution in [0.2, 0.25) is 0 Å². The molecule has 0 aromatic carbocycles. The molecule has 1 aromatic heterocycles. The first-order valence-electron chi connectivity index (χ1n) is 5.99. The minimum absolute atomic E-state index is 0.432. The molecule has 0 saturated carbocycles. The highest BCUT2D eigenvalue weighted by Crippen LogP contribution is 2.04. The van der Waals surface area contributed by atoms with Crippen molar-refractivity contribution < 1.29 is 9.47 Å². The molecule has 1 aromatic rings. The van der Waals surface area contributed by atoms with E-state index in [2.05, 4.69) is 16.4 Å². The van der Waals surface area contributed by atoms with E-state index in [1.807, 2.05) is 19.3 Å². The Morgan fingerprint density at radius 3 is 2.88 bits per heavy atom. The highest BCUT2D eigenvalue weighted by Gasteiger charge is 2.06. The molecule has 0 bridgehead atoms. The van der Waals surface area contributed by atoms with Gasteiger partial charge in [-0.2, -0.15) is 0 Å². The Labute approximate surface area is 103 Å². The van der Waals surface area contributed by atoms with Crippen LogP contribution in [0.1, 0.15) is 12.0 Å². The molecule has 1 N–H and O–H groups in total. The number of likely N-dealkylation sites (N-methyl/N-ethyl adjacent to an activating group) is 1. The summed E-state index contributed by atoms with van der Waals surface area (Å²) in [6.07, 6.45) is 5.69. The van der Waals surface area contributed by atoms with Gasteiger partial charge in [-0.05, 0) is 31.5 Å². The number of hydrogen-bond acceptors (Lipinski definition) is 4. The van der Waals surface area contributed by atoms with Crippen LogP contribution in [0.3, 0.4) is 0 Å². The molecule has 0 aliphatic rings. The third-order valence-electron chi connectivity index (χ3n) is 2.66. The average Bonchev–Trinajstić information content (AvgIpc) is 2.38. The number of ether oxygens (including phenoxy) is 2. The number of aromatic nitrogens is 1. The van der Waals surface area contributed by atoms with Crippen LogP contribution in [0.25, 0.3) is 0 Å². The number of nitrogens with zero attached hydrogens (tertiary/aromatic N) is 1. The molecule has 1 atom stereocenters. The third-order valence-corrected chi connectivity index (χ3v) is 2.66. The van der Waals surface area contributed by atoms with Gasteiger partial charge in [0, 0.05) is 32.2 Å². The van der Waals surface area contributed by atoms with E-state index in [1.165, 1.54) is 5.56 Å². The molecule has 0 saturated heterocycles. The van der Waals surface area contributed by atoms with Crippen LogP contribution in [-0.4, -0.2) is 45.0 Å². The van der Waals surface area contributed by atoms with Crippen molar-refractivity contribution in [2.45, 2.75) is 18.9 Å². The van der Waals surface area contributed by atoms with Crippen LogP contribution >= 0.6 is 0 Å². The lowest BCUT2D eigenvalue weighted by Crippen LogP contribution is -2.29. The zero-order valence-corrected chi connectivity index (χ0v) is 10.7. The summed E-state index contributed by atoms with van der Waals surface area (Å²) in [4.78, 5) is 4.12. The second kappa shape index (κ2) is 9.10. The standard InChI is InChI=1S/C13H22N2O2/c1-14-13(5-7-17-9-8-16-2)10-12-4-3-6-15-11-12/h3-4,6,11,13-14H,5,7-10H2,1-2H3. The molecule has 0 aliphatic carbocycles. The van der Waals surface area contributed by atoms with Crippen LogP contribution in [0.5, 0.6) is 0 Å². The van der Waals surface area contributed by atoms with Gasteiger partial charge in [0.1, 0.15) is 0 Å². The quantitative estimate of drug-likeness (QED) is 0.658. The van der Waals surface area contributed by atoms with Crippen LogP contribution in [-0.2, 0) is 15.9 Å². The number of hydrogen-bond donors (Lipinski definition) is 1. The fourth-order valence-electron chi connectivity index (χ4n) is 1.62. The predicted molar refractivity (Wildman–Crippen MR) is 68.1 cm³/mol. The van der Waals surface area contributed by atoms with Gasteiger partial charge < -0.3 is 14.8 Å². The van der Waals surface area contributed by atoms with Gasteiger partial charge in [0.15, 0.2) is 0 Å². The maximum absolute atomic E-state index is 5.46. The largest absolute Gasteiger partial charge is 0.382 e. The Hall–Kier alpha value is -0.970. The summed E-state index contributed by atoms with van der Waals surface area (Å²) in [5, 5.41) is 3.30. The minimum atomic E-state index is 0.432. The van der Waals surface area contributed by atoms with Crippen molar-refractivity contribution in [1.29, 1.82) is 0 Å². The van der Waals surface area contributed by atoms with Crippen LogP contribution < -0.4 is 5.32 Å². The van der Waals surface area contributed by atoms with E-state index in [0.717, 1.165) is 19.4 Å². The van der Waals surface area contributed by atoms with Gasteiger partial charge in [0.05, 0.1) is 13.2 Å². The normalized spacial score (nSPS) is 12.6. The van der Waals surface area contributed by atoms with Crippen LogP contribution in [0, 0.1) is 0 Å². The zero-order valence-electron chi connectivity index (χ0n) is 10.7. The predicted octanol–water partition coefficient (Wildman–Crippen LogP) is 1.27. The molecule has 1 rings (SSSR count). The summed E-state index contributed by atoms with van der Waals surface area (Å²) in [5.74, 6) is 0. The maximum Gasteiger partial charge on any atom is 0.0700 e. The van der Waals surface area contributed by atoms with E-state index in [9.17, 15) is 0 Å². The van der Waals surface area contributed by atoms with Gasteiger partial charge >= 0.3 is 0 Å². The van der Waals surface area contributed by atoms with Gasteiger partial charge in [0.2, 0.25) is 0 Å². The van der Waals surface area contributed by atoms with Crippen molar-refractivity contribution in [3.05, 3.63) is 30.1 Å². The Balaban J connectivity index is 2.20. The molecular formula is C13H22N2O2. The molecule has 4 nitrogen and oxygen atoms in total. The second-order valence-corrected chi connectivity index (χ2v) is 3.94. The second-order valence-electron chi connectivity index (χ2n) is 3.94. The van der Waals surface area contributed by atoms with E-state index in [0.29, 0.717) is 19.3 Å². The minimum Gasteiger partial charge on any atom is -0.382 e. The van der Waals surface area contributed by atoms with Gasteiger partial charge in [-0.15, -0.1) is 0 Å². The highest BCUT2D eigenvalue weighted by atomic mass is 16.5. The lowest BCUT2D eigenvalue weighted by Gasteiger charge is -2.16. The van der Waals surface area contributed by atoms with Gasteiger partial charge in [-0.3, -0.25) is 4.98 Å². The fourth-order valence-corrected chi connectivity index (χ4v) is 1.62. The smallest absolute Gasteiger partial charge is 0.0700 e. The summed E-state index contributed by atoms with van der Waals surface area (Å²) in [6, 6.07) is 4.50. The summed E-state index contributed by atoms with van der Waals surface area (Å²) >= 11 is 0. The van der Waals surface area contributed by atoms with E-state index in [1.54, 1.807) is 13.3 Å². The molecular weight excluding hydrogens is 216 g/mol. The maximum atomic E-state index is 5.46. The summed E-state index contributed by atoms with van der Waals surface area (Å²) in [6.45, 7) is 2.09. The lowest BCUT2D eigenvalue weighted by atomic mass is 10.1. The topological polar surface area (TPSA) is 43.4 Å². The first-order valence-corrected chi connectivity index (χ1v) is 5.99. The number of methoxy groups -OCH3 is 1. The number of rotatable bonds is 9. The Morgan fingerprint density at radius 1 is 1.35 bits per heavy atom. The third kappa shape index (κ3) is 6.36. The summed E-state index contributed by atoms with van der Waals surface area (Å²) in [5.41, 5.74) is 1.25. The van der Waals surface area contributed by atoms with Crippen molar-refractivity contribution >= 4 is 0 Å².